The number of nitriles is 1. The predicted octanol–water partition coefficient (Wildman–Crippen LogP) is 3.95. The Kier molecular flexibility index (Phi) is 5.07. The maximum Gasteiger partial charge on any atom is 0.136 e. The Hall–Kier alpha value is -2.19. The zero-order valence-corrected chi connectivity index (χ0v) is 13.4. The van der Waals surface area contributed by atoms with Gasteiger partial charge in [-0.2, -0.15) is 5.26 Å². The molecule has 0 aliphatic rings. The van der Waals surface area contributed by atoms with E-state index < -0.39 is 0 Å². The van der Waals surface area contributed by atoms with E-state index in [0.717, 1.165) is 21.5 Å². The number of hydrogen-bond acceptors (Lipinski definition) is 4. The fourth-order valence-corrected chi connectivity index (χ4v) is 2.40. The molecule has 0 unspecified atom stereocenters. The molecule has 2 aromatic carbocycles. The van der Waals surface area contributed by atoms with Crippen molar-refractivity contribution >= 4 is 21.6 Å². The molecule has 0 atom stereocenters. The number of rotatable bonds is 5. The highest BCUT2D eigenvalue weighted by Crippen LogP contribution is 2.25. The average Bonchev–Trinajstić information content (AvgIpc) is 2.52. The van der Waals surface area contributed by atoms with Gasteiger partial charge < -0.3 is 14.8 Å². The number of benzene rings is 2. The molecular weight excluding hydrogens is 332 g/mol. The normalized spacial score (nSPS) is 9.81. The maximum absolute atomic E-state index is 8.97. The first-order valence-corrected chi connectivity index (χ1v) is 7.11. The van der Waals surface area contributed by atoms with Gasteiger partial charge in [-0.15, -0.1) is 0 Å². The zero-order chi connectivity index (χ0) is 15.2. The lowest BCUT2D eigenvalue weighted by molar-refractivity contribution is 0.413. The first-order chi connectivity index (χ1) is 10.2. The van der Waals surface area contributed by atoms with Crippen LogP contribution < -0.4 is 14.8 Å². The van der Waals surface area contributed by atoms with Crippen LogP contribution in [0.15, 0.2) is 40.9 Å². The van der Waals surface area contributed by atoms with E-state index in [9.17, 15) is 0 Å². The van der Waals surface area contributed by atoms with Crippen molar-refractivity contribution in [3.8, 4) is 17.6 Å². The van der Waals surface area contributed by atoms with Crippen LogP contribution in [0.25, 0.3) is 0 Å². The molecule has 1 N–H and O–H groups in total. The summed E-state index contributed by atoms with van der Waals surface area (Å²) in [5.41, 5.74) is 2.51. The van der Waals surface area contributed by atoms with Gasteiger partial charge in [-0.05, 0) is 29.8 Å². The molecule has 0 fully saturated rings. The molecular formula is C16H15BrN2O2. The second kappa shape index (κ2) is 7.00. The number of nitrogens with one attached hydrogen (secondary N) is 1. The molecule has 0 saturated carbocycles. The topological polar surface area (TPSA) is 54.3 Å². The van der Waals surface area contributed by atoms with Gasteiger partial charge in [0.15, 0.2) is 0 Å². The molecule has 2 rings (SSSR count). The van der Waals surface area contributed by atoms with Crippen LogP contribution in [0.5, 0.6) is 11.5 Å². The summed E-state index contributed by atoms with van der Waals surface area (Å²) in [5.74, 6) is 1.37. The Morgan fingerprint density at radius 3 is 2.62 bits per heavy atom. The fraction of sp³-hybridized carbons (Fsp3) is 0.188. The Morgan fingerprint density at radius 1 is 1.14 bits per heavy atom. The summed E-state index contributed by atoms with van der Waals surface area (Å²) in [4.78, 5) is 0. The van der Waals surface area contributed by atoms with Crippen LogP contribution in [0.3, 0.4) is 0 Å². The SMILES string of the molecule is COc1cc(Br)cc(NCc2ccc(C#N)c(OC)c2)c1. The minimum Gasteiger partial charge on any atom is -0.497 e. The molecule has 0 bridgehead atoms. The van der Waals surface area contributed by atoms with E-state index in [2.05, 4.69) is 27.3 Å². The summed E-state index contributed by atoms with van der Waals surface area (Å²) in [6.45, 7) is 0.627. The highest BCUT2D eigenvalue weighted by Gasteiger charge is 2.04. The lowest BCUT2D eigenvalue weighted by Gasteiger charge is -2.10. The minimum absolute atomic E-state index is 0.533. The maximum atomic E-state index is 8.97. The van der Waals surface area contributed by atoms with E-state index in [-0.39, 0.29) is 0 Å². The van der Waals surface area contributed by atoms with Gasteiger partial charge in [0.05, 0.1) is 19.8 Å². The quantitative estimate of drug-likeness (QED) is 0.890. The highest BCUT2D eigenvalue weighted by atomic mass is 79.9. The molecule has 0 radical (unpaired) electrons. The third-order valence-electron chi connectivity index (χ3n) is 2.99. The zero-order valence-electron chi connectivity index (χ0n) is 11.8. The van der Waals surface area contributed by atoms with Crippen LogP contribution in [0, 0.1) is 11.3 Å². The fourth-order valence-electron chi connectivity index (χ4n) is 1.92. The number of methoxy groups -OCH3 is 2. The van der Waals surface area contributed by atoms with Gasteiger partial charge in [-0.3, -0.25) is 0 Å². The number of ether oxygens (including phenoxy) is 2. The van der Waals surface area contributed by atoms with Crippen LogP contribution in [0.2, 0.25) is 0 Å². The van der Waals surface area contributed by atoms with Crippen LogP contribution in [-0.2, 0) is 6.54 Å². The molecule has 0 aromatic heterocycles. The summed E-state index contributed by atoms with van der Waals surface area (Å²) in [5, 5.41) is 12.3. The molecule has 2 aromatic rings. The Bertz CT molecular complexity index is 680. The second-order valence-corrected chi connectivity index (χ2v) is 5.30. The van der Waals surface area contributed by atoms with E-state index >= 15 is 0 Å². The van der Waals surface area contributed by atoms with Crippen molar-refractivity contribution in [2.24, 2.45) is 0 Å². The van der Waals surface area contributed by atoms with Crippen molar-refractivity contribution in [1.82, 2.24) is 0 Å². The average molecular weight is 347 g/mol. The van der Waals surface area contributed by atoms with E-state index in [1.54, 1.807) is 20.3 Å². The van der Waals surface area contributed by atoms with Crippen molar-refractivity contribution in [3.63, 3.8) is 0 Å². The Labute approximate surface area is 132 Å². The van der Waals surface area contributed by atoms with Crippen molar-refractivity contribution < 1.29 is 9.47 Å². The Morgan fingerprint density at radius 2 is 1.95 bits per heavy atom. The van der Waals surface area contributed by atoms with Gasteiger partial charge in [0, 0.05) is 22.8 Å². The molecule has 0 heterocycles. The summed E-state index contributed by atoms with van der Waals surface area (Å²) < 4.78 is 11.4. The molecule has 21 heavy (non-hydrogen) atoms. The smallest absolute Gasteiger partial charge is 0.136 e. The molecule has 0 aliphatic heterocycles. The monoisotopic (exact) mass is 346 g/mol. The van der Waals surface area contributed by atoms with Gasteiger partial charge >= 0.3 is 0 Å². The largest absolute Gasteiger partial charge is 0.497 e. The van der Waals surface area contributed by atoms with Gasteiger partial charge in [-0.1, -0.05) is 22.0 Å². The molecule has 0 spiro atoms. The summed E-state index contributed by atoms with van der Waals surface area (Å²) in [6, 6.07) is 13.4. The molecule has 108 valence electrons. The van der Waals surface area contributed by atoms with E-state index in [4.69, 9.17) is 14.7 Å². The standard InChI is InChI=1S/C16H15BrN2O2/c1-20-15-7-13(17)6-14(8-15)19-10-11-3-4-12(9-18)16(5-11)21-2/h3-8,19H,10H2,1-2H3. The van der Waals surface area contributed by atoms with E-state index in [0.29, 0.717) is 17.9 Å². The number of nitrogens with zero attached hydrogens (tertiary/aromatic N) is 1. The Balaban J connectivity index is 2.13. The van der Waals surface area contributed by atoms with Crippen LogP contribution in [0.1, 0.15) is 11.1 Å². The molecule has 0 amide bonds. The van der Waals surface area contributed by atoms with Crippen LogP contribution in [0.4, 0.5) is 5.69 Å². The predicted molar refractivity (Wildman–Crippen MR) is 85.7 cm³/mol. The van der Waals surface area contributed by atoms with Gasteiger partial charge in [-0.25, -0.2) is 0 Å². The van der Waals surface area contributed by atoms with Crippen molar-refractivity contribution in [1.29, 1.82) is 5.26 Å². The van der Waals surface area contributed by atoms with Crippen molar-refractivity contribution in [2.45, 2.75) is 6.54 Å². The minimum atomic E-state index is 0.533. The third-order valence-corrected chi connectivity index (χ3v) is 3.45. The van der Waals surface area contributed by atoms with Crippen molar-refractivity contribution in [3.05, 3.63) is 52.0 Å². The molecule has 0 saturated heterocycles. The summed E-state index contributed by atoms with van der Waals surface area (Å²) in [6.07, 6.45) is 0. The first kappa shape index (κ1) is 15.2. The second-order valence-electron chi connectivity index (χ2n) is 4.38. The lowest BCUT2D eigenvalue weighted by atomic mass is 10.1. The molecule has 5 heteroatoms. The van der Waals surface area contributed by atoms with E-state index in [1.807, 2.05) is 30.3 Å². The summed E-state index contributed by atoms with van der Waals surface area (Å²) in [7, 11) is 3.20. The molecule has 4 nitrogen and oxygen atoms in total. The first-order valence-electron chi connectivity index (χ1n) is 6.31. The number of hydrogen-bond donors (Lipinski definition) is 1. The molecule has 0 aliphatic carbocycles. The number of anilines is 1. The van der Waals surface area contributed by atoms with Crippen LogP contribution >= 0.6 is 15.9 Å². The van der Waals surface area contributed by atoms with Crippen molar-refractivity contribution in [2.75, 3.05) is 19.5 Å². The van der Waals surface area contributed by atoms with Gasteiger partial charge in [0.1, 0.15) is 17.6 Å². The van der Waals surface area contributed by atoms with Gasteiger partial charge in [0.2, 0.25) is 0 Å². The highest BCUT2D eigenvalue weighted by molar-refractivity contribution is 9.10. The van der Waals surface area contributed by atoms with Gasteiger partial charge in [0.25, 0.3) is 0 Å². The summed E-state index contributed by atoms with van der Waals surface area (Å²) >= 11 is 3.45. The lowest BCUT2D eigenvalue weighted by Crippen LogP contribution is -2.01. The van der Waals surface area contributed by atoms with E-state index in [1.165, 1.54) is 0 Å². The third kappa shape index (κ3) is 3.89. The number of halogens is 1. The van der Waals surface area contributed by atoms with Crippen LogP contribution in [-0.4, -0.2) is 14.2 Å².